The fourth-order valence-corrected chi connectivity index (χ4v) is 3.63. The molecule has 36 heavy (non-hydrogen) atoms. The van der Waals surface area contributed by atoms with Crippen molar-refractivity contribution in [1.29, 1.82) is 0 Å². The van der Waals surface area contributed by atoms with Crippen LogP contribution < -0.4 is 0 Å². The van der Waals surface area contributed by atoms with Crippen LogP contribution in [-0.4, -0.2) is 101 Å². The zero-order valence-electron chi connectivity index (χ0n) is 15.6. The third kappa shape index (κ3) is 4.40. The Morgan fingerprint density at radius 1 is 0.361 bits per heavy atom. The van der Waals surface area contributed by atoms with E-state index in [9.17, 15) is 101 Å². The number of alkyl halides is 21. The third-order valence-electron chi connectivity index (χ3n) is 3.96. The molecule has 0 aliphatic carbocycles. The Balaban J connectivity index is 0. The molecule has 0 amide bonds. The van der Waals surface area contributed by atoms with Crippen molar-refractivity contribution in [3.05, 3.63) is 0 Å². The van der Waals surface area contributed by atoms with Gasteiger partial charge < -0.3 is 0 Å². The fraction of sp³-hybridized carbons (Fsp3) is 1.00. The van der Waals surface area contributed by atoms with Crippen LogP contribution >= 0.6 is 0 Å². The molecule has 213 valence electrons. The van der Waals surface area contributed by atoms with Gasteiger partial charge in [-0.3, -0.25) is 4.55 Å². The van der Waals surface area contributed by atoms with Gasteiger partial charge >= 0.3 is 58.8 Å². The zero-order valence-corrected chi connectivity index (χ0v) is 18.4. The predicted molar refractivity (Wildman–Crippen MR) is 67.9 cm³/mol. The summed E-state index contributed by atoms with van der Waals surface area (Å²) in [6, 6.07) is 0. The van der Waals surface area contributed by atoms with Crippen molar-refractivity contribution in [2.45, 2.75) is 58.8 Å². The molecular formula is C10HF21NaO3S. The standard InChI is InChI=1S/C10HF21O3S.Na/c11-2(12,5(17,18)8(23,24)25)1(35(32,33)34,3(13,14)6(19,20)9(26,27)28)4(15,16)7(21,22)10(29,30)31;/h(H,32,33,34);. The van der Waals surface area contributed by atoms with Crippen molar-refractivity contribution in [2.75, 3.05) is 0 Å². The van der Waals surface area contributed by atoms with Crippen LogP contribution in [0.1, 0.15) is 0 Å². The van der Waals surface area contributed by atoms with Gasteiger partial charge in [-0.1, -0.05) is 0 Å². The van der Waals surface area contributed by atoms with Gasteiger partial charge in [-0.05, 0) is 0 Å². The van der Waals surface area contributed by atoms with Crippen LogP contribution in [0.25, 0.3) is 0 Å². The van der Waals surface area contributed by atoms with Crippen molar-refractivity contribution in [1.82, 2.24) is 0 Å². The van der Waals surface area contributed by atoms with Crippen LogP contribution in [0.3, 0.4) is 0 Å². The smallest absolute Gasteiger partial charge is 0.285 e. The first kappa shape index (κ1) is 37.6. The van der Waals surface area contributed by atoms with E-state index in [1.54, 1.807) is 0 Å². The van der Waals surface area contributed by atoms with E-state index in [-0.39, 0.29) is 29.6 Å². The van der Waals surface area contributed by atoms with E-state index in [0.29, 0.717) is 0 Å². The number of hydrogen-bond donors (Lipinski definition) is 1. The first-order valence-electron chi connectivity index (χ1n) is 6.94. The predicted octanol–water partition coefficient (Wildman–Crippen LogP) is 5.73. The normalized spacial score (nSPS) is 16.6. The van der Waals surface area contributed by atoms with Gasteiger partial charge in [0.2, 0.25) is 0 Å². The van der Waals surface area contributed by atoms with E-state index in [1.165, 1.54) is 0 Å². The van der Waals surface area contributed by atoms with Crippen molar-refractivity contribution in [3.8, 4) is 0 Å². The van der Waals surface area contributed by atoms with Gasteiger partial charge in [0.1, 0.15) is 0 Å². The molecule has 0 aromatic carbocycles. The van der Waals surface area contributed by atoms with Crippen LogP contribution in [0.2, 0.25) is 0 Å². The molecule has 0 aliphatic heterocycles. The molecule has 0 spiro atoms. The quantitative estimate of drug-likeness (QED) is 0.224. The summed E-state index contributed by atoms with van der Waals surface area (Å²) >= 11 is 0. The van der Waals surface area contributed by atoms with E-state index in [4.69, 9.17) is 4.55 Å². The maximum atomic E-state index is 14.0. The number of halogens is 21. The van der Waals surface area contributed by atoms with Crippen LogP contribution in [0, 0.1) is 0 Å². The Hall–Kier alpha value is -0.560. The minimum atomic E-state index is -9.93. The molecule has 26 heteroatoms. The Bertz CT molecular complexity index is 817. The average molecular weight is 623 g/mol. The topological polar surface area (TPSA) is 54.4 Å². The summed E-state index contributed by atoms with van der Waals surface area (Å²) in [5.74, 6) is -56.8. The van der Waals surface area contributed by atoms with E-state index in [0.717, 1.165) is 0 Å². The van der Waals surface area contributed by atoms with Crippen molar-refractivity contribution in [2.24, 2.45) is 0 Å². The molecule has 3 nitrogen and oxygen atoms in total. The van der Waals surface area contributed by atoms with Gasteiger partial charge in [-0.25, -0.2) is 0 Å². The summed E-state index contributed by atoms with van der Waals surface area (Å²) in [5.41, 5.74) is 0. The summed E-state index contributed by atoms with van der Waals surface area (Å²) in [5, 5.41) is 0. The summed E-state index contributed by atoms with van der Waals surface area (Å²) < 4.78 is 294. The van der Waals surface area contributed by atoms with Gasteiger partial charge in [0.05, 0.1) is 0 Å². The Morgan fingerprint density at radius 3 is 0.583 bits per heavy atom. The van der Waals surface area contributed by atoms with Crippen LogP contribution in [0.15, 0.2) is 0 Å². The minimum Gasteiger partial charge on any atom is -0.285 e. The SMILES string of the molecule is O=S(=O)(O)C(C(F)(F)C(F)(F)C(F)(F)F)(C(F)(F)C(F)(F)C(F)(F)F)C(F)(F)C(F)(F)C(F)(F)F.[Na]. The van der Waals surface area contributed by atoms with Crippen LogP contribution in [0.5, 0.6) is 0 Å². The molecule has 0 unspecified atom stereocenters. The molecule has 0 saturated carbocycles. The molecule has 0 fully saturated rings. The second-order valence-corrected chi connectivity index (χ2v) is 7.66. The maximum absolute atomic E-state index is 14.0. The summed E-state index contributed by atoms with van der Waals surface area (Å²) in [4.78, 5) is 0. The molecule has 0 rings (SSSR count). The Kier molecular flexibility index (Phi) is 9.39. The molecular weight excluding hydrogens is 622 g/mol. The second-order valence-electron chi connectivity index (χ2n) is 6.10. The number of rotatable bonds is 7. The Labute approximate surface area is 204 Å². The third-order valence-corrected chi connectivity index (χ3v) is 5.51. The first-order chi connectivity index (χ1) is 14.5. The number of hydrogen-bond acceptors (Lipinski definition) is 2. The van der Waals surface area contributed by atoms with Crippen molar-refractivity contribution in [3.63, 3.8) is 0 Å². The van der Waals surface area contributed by atoms with Gasteiger partial charge in [0, 0.05) is 29.6 Å². The molecule has 0 aliphatic rings. The van der Waals surface area contributed by atoms with Crippen molar-refractivity contribution >= 4 is 39.7 Å². The molecule has 0 heterocycles. The van der Waals surface area contributed by atoms with Crippen LogP contribution in [-0.2, 0) is 10.1 Å². The van der Waals surface area contributed by atoms with Gasteiger partial charge in [0.15, 0.2) is 0 Å². The molecule has 1 radical (unpaired) electrons. The largest absolute Gasteiger partial charge is 0.459 e. The van der Waals surface area contributed by atoms with E-state index in [2.05, 4.69) is 0 Å². The molecule has 1 N–H and O–H groups in total. The maximum Gasteiger partial charge on any atom is 0.459 e. The monoisotopic (exact) mass is 623 g/mol. The second kappa shape index (κ2) is 8.99. The molecule has 0 saturated heterocycles. The average Bonchev–Trinajstić information content (AvgIpc) is 2.48. The van der Waals surface area contributed by atoms with Gasteiger partial charge in [-0.2, -0.15) is 101 Å². The summed E-state index contributed by atoms with van der Waals surface area (Å²) in [6.07, 6.45) is -25.6. The van der Waals surface area contributed by atoms with Crippen LogP contribution in [0.4, 0.5) is 92.2 Å². The van der Waals surface area contributed by atoms with E-state index >= 15 is 0 Å². The fourth-order valence-electron chi connectivity index (χ4n) is 2.27. The van der Waals surface area contributed by atoms with E-state index in [1.807, 2.05) is 0 Å². The summed E-state index contributed by atoms with van der Waals surface area (Å²) in [7, 11) is -9.82. The first-order valence-corrected chi connectivity index (χ1v) is 8.38. The molecule has 0 aromatic rings. The molecule has 0 aromatic heterocycles. The molecule has 0 bridgehead atoms. The molecule has 0 atom stereocenters. The van der Waals surface area contributed by atoms with E-state index < -0.39 is 68.9 Å². The zero-order chi connectivity index (χ0) is 29.5. The van der Waals surface area contributed by atoms with Crippen molar-refractivity contribution < 1.29 is 105 Å². The van der Waals surface area contributed by atoms with Gasteiger partial charge in [0.25, 0.3) is 10.1 Å². The van der Waals surface area contributed by atoms with Gasteiger partial charge in [-0.15, -0.1) is 0 Å². The minimum absolute atomic E-state index is 0. The Morgan fingerprint density at radius 2 is 0.500 bits per heavy atom. The summed E-state index contributed by atoms with van der Waals surface area (Å²) in [6.45, 7) is 0.